The van der Waals surface area contributed by atoms with Gasteiger partial charge < -0.3 is 24.4 Å². The van der Waals surface area contributed by atoms with Crippen molar-refractivity contribution in [1.82, 2.24) is 0 Å². The fourth-order valence-corrected chi connectivity index (χ4v) is 1.62. The molecule has 2 heterocycles. The summed E-state index contributed by atoms with van der Waals surface area (Å²) in [5.74, 6) is 0. The molecule has 5 nitrogen and oxygen atoms in total. The van der Waals surface area contributed by atoms with Crippen LogP contribution in [0.4, 0.5) is 0 Å². The van der Waals surface area contributed by atoms with E-state index in [1.54, 1.807) is 0 Å². The van der Waals surface area contributed by atoms with Gasteiger partial charge in [-0.3, -0.25) is 0 Å². The zero-order valence-corrected chi connectivity index (χ0v) is 7.42. The number of ether oxygens (including phenoxy) is 3. The average Bonchev–Trinajstić information content (AvgIpc) is 2.88. The third kappa shape index (κ3) is 1.70. The molecule has 0 radical (unpaired) electrons. The van der Waals surface area contributed by atoms with Crippen molar-refractivity contribution in [2.75, 3.05) is 13.2 Å². The third-order valence-electron chi connectivity index (χ3n) is 2.36. The van der Waals surface area contributed by atoms with Gasteiger partial charge in [-0.15, -0.1) is 0 Å². The SMILES string of the molecule is CC1O[C@@H](OCCO)[C@@H](O)C2O[C@H]12. The summed E-state index contributed by atoms with van der Waals surface area (Å²) >= 11 is 0. The molecular weight excluding hydrogens is 176 g/mol. The predicted molar refractivity (Wildman–Crippen MR) is 42.0 cm³/mol. The summed E-state index contributed by atoms with van der Waals surface area (Å²) < 4.78 is 15.7. The van der Waals surface area contributed by atoms with Crippen molar-refractivity contribution in [2.45, 2.75) is 37.6 Å². The molecule has 0 bridgehead atoms. The zero-order chi connectivity index (χ0) is 9.42. The van der Waals surface area contributed by atoms with Crippen LogP contribution in [0.15, 0.2) is 0 Å². The lowest BCUT2D eigenvalue weighted by Crippen LogP contribution is -2.45. The first-order valence-corrected chi connectivity index (χ1v) is 4.45. The van der Waals surface area contributed by atoms with Gasteiger partial charge >= 0.3 is 0 Å². The molecule has 5 atom stereocenters. The highest BCUT2D eigenvalue weighted by Gasteiger charge is 2.56. The van der Waals surface area contributed by atoms with Gasteiger partial charge in [0.15, 0.2) is 6.29 Å². The van der Waals surface area contributed by atoms with Gasteiger partial charge in [-0.25, -0.2) is 0 Å². The summed E-state index contributed by atoms with van der Waals surface area (Å²) in [5.41, 5.74) is 0. The Kier molecular flexibility index (Phi) is 2.53. The maximum Gasteiger partial charge on any atom is 0.186 e. The highest BCUT2D eigenvalue weighted by Crippen LogP contribution is 2.37. The molecule has 2 unspecified atom stereocenters. The maximum absolute atomic E-state index is 9.57. The van der Waals surface area contributed by atoms with Crippen LogP contribution in [0.25, 0.3) is 0 Å². The molecule has 2 saturated heterocycles. The number of aliphatic hydroxyl groups is 2. The summed E-state index contributed by atoms with van der Waals surface area (Å²) in [6.07, 6.45) is -1.56. The molecule has 2 rings (SSSR count). The first-order chi connectivity index (χ1) is 6.24. The molecule has 0 spiro atoms. The summed E-state index contributed by atoms with van der Waals surface area (Å²) in [6.45, 7) is 1.98. The van der Waals surface area contributed by atoms with Crippen LogP contribution in [0, 0.1) is 0 Å². The lowest BCUT2D eigenvalue weighted by molar-refractivity contribution is -0.228. The van der Waals surface area contributed by atoms with E-state index in [1.807, 2.05) is 6.92 Å². The second-order valence-electron chi connectivity index (χ2n) is 3.36. The van der Waals surface area contributed by atoms with E-state index in [1.165, 1.54) is 0 Å². The fraction of sp³-hybridized carbons (Fsp3) is 1.00. The summed E-state index contributed by atoms with van der Waals surface area (Å²) in [5, 5.41) is 18.1. The highest BCUT2D eigenvalue weighted by molar-refractivity contribution is 4.99. The zero-order valence-electron chi connectivity index (χ0n) is 7.42. The van der Waals surface area contributed by atoms with Gasteiger partial charge in [0, 0.05) is 0 Å². The number of rotatable bonds is 3. The van der Waals surface area contributed by atoms with Crippen molar-refractivity contribution in [2.24, 2.45) is 0 Å². The number of fused-ring (bicyclic) bond motifs is 1. The van der Waals surface area contributed by atoms with E-state index in [0.29, 0.717) is 0 Å². The van der Waals surface area contributed by atoms with Crippen molar-refractivity contribution in [3.05, 3.63) is 0 Å². The first kappa shape index (κ1) is 9.36. The number of hydrogen-bond acceptors (Lipinski definition) is 5. The smallest absolute Gasteiger partial charge is 0.186 e. The third-order valence-corrected chi connectivity index (χ3v) is 2.36. The summed E-state index contributed by atoms with van der Waals surface area (Å²) in [6, 6.07) is 0. The van der Waals surface area contributed by atoms with E-state index < -0.39 is 12.4 Å². The summed E-state index contributed by atoms with van der Waals surface area (Å²) in [4.78, 5) is 0. The Hall–Kier alpha value is -0.200. The predicted octanol–water partition coefficient (Wildman–Crippen LogP) is -1.13. The minimum absolute atomic E-state index is 0.0176. The van der Waals surface area contributed by atoms with Gasteiger partial charge in [-0.2, -0.15) is 0 Å². The standard InChI is InChI=1S/C8H14O5/c1-4-6-7(13-6)5(10)8(12-4)11-3-2-9/h4-10H,2-3H2,1H3/t4?,5-,6+,7?,8+/m0/s1. The van der Waals surface area contributed by atoms with E-state index in [-0.39, 0.29) is 31.5 Å². The van der Waals surface area contributed by atoms with Gasteiger partial charge in [0.1, 0.15) is 18.3 Å². The molecular formula is C8H14O5. The van der Waals surface area contributed by atoms with Crippen molar-refractivity contribution in [1.29, 1.82) is 0 Å². The van der Waals surface area contributed by atoms with E-state index in [9.17, 15) is 5.11 Å². The van der Waals surface area contributed by atoms with Crippen molar-refractivity contribution in [3.63, 3.8) is 0 Å². The van der Waals surface area contributed by atoms with Gasteiger partial charge in [0.25, 0.3) is 0 Å². The van der Waals surface area contributed by atoms with Crippen LogP contribution in [0.3, 0.4) is 0 Å². The Bertz CT molecular complexity index is 185. The monoisotopic (exact) mass is 190 g/mol. The maximum atomic E-state index is 9.57. The quantitative estimate of drug-likeness (QED) is 0.551. The largest absolute Gasteiger partial charge is 0.394 e. The minimum Gasteiger partial charge on any atom is -0.394 e. The molecule has 5 heteroatoms. The van der Waals surface area contributed by atoms with Crippen LogP contribution in [-0.4, -0.2) is 54.1 Å². The molecule has 2 fully saturated rings. The van der Waals surface area contributed by atoms with E-state index in [4.69, 9.17) is 19.3 Å². The van der Waals surface area contributed by atoms with Crippen molar-refractivity contribution < 1.29 is 24.4 Å². The first-order valence-electron chi connectivity index (χ1n) is 4.45. The van der Waals surface area contributed by atoms with Crippen LogP contribution in [0.5, 0.6) is 0 Å². The Morgan fingerprint density at radius 3 is 2.77 bits per heavy atom. The minimum atomic E-state index is -0.729. The average molecular weight is 190 g/mol. The Labute approximate surface area is 76.2 Å². The van der Waals surface area contributed by atoms with Gasteiger partial charge in [-0.1, -0.05) is 0 Å². The number of aliphatic hydroxyl groups excluding tert-OH is 2. The molecule has 0 aromatic carbocycles. The molecule has 2 aliphatic rings. The number of epoxide rings is 1. The topological polar surface area (TPSA) is 71.5 Å². The molecule has 0 aliphatic carbocycles. The van der Waals surface area contributed by atoms with Crippen LogP contribution in [0.2, 0.25) is 0 Å². The Balaban J connectivity index is 1.87. The lowest BCUT2D eigenvalue weighted by atomic mass is 10.1. The van der Waals surface area contributed by atoms with Crippen molar-refractivity contribution in [3.8, 4) is 0 Å². The van der Waals surface area contributed by atoms with Crippen LogP contribution < -0.4 is 0 Å². The second kappa shape index (κ2) is 3.51. The van der Waals surface area contributed by atoms with Crippen LogP contribution >= 0.6 is 0 Å². The van der Waals surface area contributed by atoms with Crippen molar-refractivity contribution >= 4 is 0 Å². The molecule has 76 valence electrons. The molecule has 13 heavy (non-hydrogen) atoms. The highest BCUT2D eigenvalue weighted by atomic mass is 16.7. The van der Waals surface area contributed by atoms with Crippen LogP contribution in [-0.2, 0) is 14.2 Å². The fourth-order valence-electron chi connectivity index (χ4n) is 1.62. The Morgan fingerprint density at radius 1 is 1.31 bits per heavy atom. The van der Waals surface area contributed by atoms with Gasteiger partial charge in [0.05, 0.1) is 19.3 Å². The Morgan fingerprint density at radius 2 is 2.08 bits per heavy atom. The molecule has 0 saturated carbocycles. The summed E-state index contributed by atoms with van der Waals surface area (Å²) in [7, 11) is 0. The molecule has 0 amide bonds. The molecule has 2 N–H and O–H groups in total. The second-order valence-corrected chi connectivity index (χ2v) is 3.36. The van der Waals surface area contributed by atoms with Crippen LogP contribution in [0.1, 0.15) is 6.92 Å². The molecule has 0 aromatic rings. The van der Waals surface area contributed by atoms with Gasteiger partial charge in [0.2, 0.25) is 0 Å². The van der Waals surface area contributed by atoms with Gasteiger partial charge in [-0.05, 0) is 6.92 Å². The lowest BCUT2D eigenvalue weighted by Gasteiger charge is -2.28. The van der Waals surface area contributed by atoms with E-state index in [0.717, 1.165) is 0 Å². The molecule has 2 aliphatic heterocycles. The normalized spacial score (nSPS) is 48.7. The number of hydrogen-bond donors (Lipinski definition) is 2. The molecule has 0 aromatic heterocycles. The van der Waals surface area contributed by atoms with E-state index in [2.05, 4.69) is 0 Å². The van der Waals surface area contributed by atoms with E-state index >= 15 is 0 Å².